The summed E-state index contributed by atoms with van der Waals surface area (Å²) in [5, 5.41) is 11.5. The third kappa shape index (κ3) is 1.69. The second-order valence-corrected chi connectivity index (χ2v) is 3.41. The van der Waals surface area contributed by atoms with Gasteiger partial charge in [-0.15, -0.1) is 0 Å². The summed E-state index contributed by atoms with van der Waals surface area (Å²) in [6.07, 6.45) is 0. The average Bonchev–Trinajstić information content (AvgIpc) is 2.34. The Kier molecular flexibility index (Phi) is 2.92. The lowest BCUT2D eigenvalue weighted by molar-refractivity contribution is 0.164. The van der Waals surface area contributed by atoms with E-state index in [0.717, 1.165) is 0 Å². The van der Waals surface area contributed by atoms with Gasteiger partial charge in [0.05, 0.1) is 12.6 Å². The number of hydrogen-bond donors (Lipinski definition) is 2. The summed E-state index contributed by atoms with van der Waals surface area (Å²) in [7, 11) is 0. The monoisotopic (exact) mass is 172 g/mol. The minimum Gasteiger partial charge on any atom is -0.395 e. The van der Waals surface area contributed by atoms with Gasteiger partial charge in [0.2, 0.25) is 0 Å². The van der Waals surface area contributed by atoms with Crippen molar-refractivity contribution >= 4 is 6.03 Å². The minimum atomic E-state index is -0.0530. The van der Waals surface area contributed by atoms with E-state index in [1.54, 1.807) is 4.90 Å². The number of β-amino-alcohol motifs (C(OH)–C–C–N with tert-alkyl or cyclic N) is 1. The van der Waals surface area contributed by atoms with Crippen molar-refractivity contribution in [3.05, 3.63) is 0 Å². The molecule has 2 amide bonds. The summed E-state index contributed by atoms with van der Waals surface area (Å²) in [4.78, 5) is 12.9. The molecule has 1 heterocycles. The Morgan fingerprint density at radius 1 is 1.75 bits per heavy atom. The number of rotatable bonds is 3. The fourth-order valence-corrected chi connectivity index (χ4v) is 1.52. The third-order valence-corrected chi connectivity index (χ3v) is 2.23. The highest BCUT2D eigenvalue weighted by molar-refractivity contribution is 5.76. The fraction of sp³-hybridized carbons (Fsp3) is 0.875. The Hall–Kier alpha value is -0.770. The number of amides is 2. The smallest absolute Gasteiger partial charge is 0.317 e. The van der Waals surface area contributed by atoms with Crippen LogP contribution in [-0.2, 0) is 0 Å². The number of nitrogens with zero attached hydrogens (tertiary/aromatic N) is 1. The maximum Gasteiger partial charge on any atom is 0.317 e. The summed E-state index contributed by atoms with van der Waals surface area (Å²) >= 11 is 0. The van der Waals surface area contributed by atoms with E-state index >= 15 is 0 Å². The van der Waals surface area contributed by atoms with E-state index in [0.29, 0.717) is 19.0 Å². The molecule has 12 heavy (non-hydrogen) atoms. The fourth-order valence-electron chi connectivity index (χ4n) is 1.52. The predicted octanol–water partition coefficient (Wildman–Crippen LogP) is 0.0285. The molecule has 0 radical (unpaired) electrons. The van der Waals surface area contributed by atoms with Crippen LogP contribution in [0.25, 0.3) is 0 Å². The Balaban J connectivity index is 2.57. The van der Waals surface area contributed by atoms with Gasteiger partial charge in [-0.1, -0.05) is 13.8 Å². The van der Waals surface area contributed by atoms with Crippen LogP contribution in [0.5, 0.6) is 0 Å². The molecular formula is C8H16N2O2. The van der Waals surface area contributed by atoms with Gasteiger partial charge >= 0.3 is 6.03 Å². The van der Waals surface area contributed by atoms with E-state index < -0.39 is 0 Å². The topological polar surface area (TPSA) is 52.6 Å². The third-order valence-electron chi connectivity index (χ3n) is 2.23. The molecule has 1 atom stereocenters. The van der Waals surface area contributed by atoms with E-state index in [1.807, 2.05) is 0 Å². The molecule has 1 rings (SSSR count). The van der Waals surface area contributed by atoms with Crippen LogP contribution < -0.4 is 5.32 Å². The first-order chi connectivity index (χ1) is 5.66. The van der Waals surface area contributed by atoms with E-state index in [9.17, 15) is 4.79 Å². The van der Waals surface area contributed by atoms with Gasteiger partial charge < -0.3 is 15.3 Å². The molecule has 4 nitrogen and oxygen atoms in total. The van der Waals surface area contributed by atoms with Crippen LogP contribution in [0.3, 0.4) is 0 Å². The standard InChI is InChI=1S/C8H16N2O2/c1-6(2)7-5-9-8(12)10(7)3-4-11/h6-7,11H,3-5H2,1-2H3,(H,9,12). The average molecular weight is 172 g/mol. The van der Waals surface area contributed by atoms with Crippen molar-refractivity contribution in [2.75, 3.05) is 19.7 Å². The molecule has 0 aliphatic carbocycles. The zero-order chi connectivity index (χ0) is 9.14. The molecule has 2 N–H and O–H groups in total. The lowest BCUT2D eigenvalue weighted by Gasteiger charge is -2.24. The van der Waals surface area contributed by atoms with Gasteiger partial charge in [-0.25, -0.2) is 4.79 Å². The van der Waals surface area contributed by atoms with Crippen LogP contribution >= 0.6 is 0 Å². The first-order valence-electron chi connectivity index (χ1n) is 4.32. The predicted molar refractivity (Wildman–Crippen MR) is 45.8 cm³/mol. The SMILES string of the molecule is CC(C)C1CNC(=O)N1CCO. The molecule has 4 heteroatoms. The molecule has 1 aliphatic heterocycles. The number of urea groups is 1. The van der Waals surface area contributed by atoms with E-state index in [4.69, 9.17) is 5.11 Å². The Morgan fingerprint density at radius 2 is 2.42 bits per heavy atom. The number of carbonyl (C=O) groups excluding carboxylic acids is 1. The highest BCUT2D eigenvalue weighted by Gasteiger charge is 2.31. The molecule has 0 bridgehead atoms. The van der Waals surface area contributed by atoms with Crippen LogP contribution in [-0.4, -0.2) is 41.8 Å². The number of nitrogens with one attached hydrogen (secondary N) is 1. The Labute approximate surface area is 72.6 Å². The molecule has 1 unspecified atom stereocenters. The van der Waals surface area contributed by atoms with Crippen molar-refractivity contribution in [1.82, 2.24) is 10.2 Å². The molecule has 1 fully saturated rings. The van der Waals surface area contributed by atoms with Crippen molar-refractivity contribution in [2.24, 2.45) is 5.92 Å². The summed E-state index contributed by atoms with van der Waals surface area (Å²) < 4.78 is 0. The highest BCUT2D eigenvalue weighted by atomic mass is 16.3. The zero-order valence-corrected chi connectivity index (χ0v) is 7.58. The van der Waals surface area contributed by atoms with Crippen molar-refractivity contribution in [3.63, 3.8) is 0 Å². The van der Waals surface area contributed by atoms with Crippen LogP contribution in [0.15, 0.2) is 0 Å². The van der Waals surface area contributed by atoms with Crippen molar-refractivity contribution < 1.29 is 9.90 Å². The van der Waals surface area contributed by atoms with Gasteiger partial charge in [0.15, 0.2) is 0 Å². The highest BCUT2D eigenvalue weighted by Crippen LogP contribution is 2.14. The number of aliphatic hydroxyl groups excluding tert-OH is 1. The second kappa shape index (κ2) is 3.76. The van der Waals surface area contributed by atoms with Crippen molar-refractivity contribution in [3.8, 4) is 0 Å². The van der Waals surface area contributed by atoms with Crippen LogP contribution in [0.2, 0.25) is 0 Å². The zero-order valence-electron chi connectivity index (χ0n) is 7.58. The maximum absolute atomic E-state index is 11.2. The second-order valence-electron chi connectivity index (χ2n) is 3.41. The van der Waals surface area contributed by atoms with Crippen LogP contribution in [0.1, 0.15) is 13.8 Å². The largest absolute Gasteiger partial charge is 0.395 e. The molecule has 0 spiro atoms. The van der Waals surface area contributed by atoms with Crippen LogP contribution in [0, 0.1) is 5.92 Å². The van der Waals surface area contributed by atoms with Gasteiger partial charge in [0.25, 0.3) is 0 Å². The summed E-state index contributed by atoms with van der Waals surface area (Å²) in [5.74, 6) is 0.440. The summed E-state index contributed by atoms with van der Waals surface area (Å²) in [6.45, 7) is 5.34. The molecule has 0 aromatic carbocycles. The summed E-state index contributed by atoms with van der Waals surface area (Å²) in [6, 6.07) is 0.187. The van der Waals surface area contributed by atoms with E-state index in [-0.39, 0.29) is 18.7 Å². The summed E-state index contributed by atoms with van der Waals surface area (Å²) in [5.41, 5.74) is 0. The van der Waals surface area contributed by atoms with Crippen molar-refractivity contribution in [2.45, 2.75) is 19.9 Å². The molecule has 0 aromatic heterocycles. The Morgan fingerprint density at radius 3 is 2.92 bits per heavy atom. The van der Waals surface area contributed by atoms with Crippen molar-refractivity contribution in [1.29, 1.82) is 0 Å². The lowest BCUT2D eigenvalue weighted by Crippen LogP contribution is -2.39. The number of carbonyl (C=O) groups is 1. The van der Waals surface area contributed by atoms with Gasteiger partial charge in [-0.05, 0) is 5.92 Å². The molecular weight excluding hydrogens is 156 g/mol. The lowest BCUT2D eigenvalue weighted by atomic mass is 10.0. The molecule has 70 valence electrons. The molecule has 1 saturated heterocycles. The van der Waals surface area contributed by atoms with Gasteiger partial charge in [-0.3, -0.25) is 0 Å². The maximum atomic E-state index is 11.2. The van der Waals surface area contributed by atoms with E-state index in [1.165, 1.54) is 0 Å². The number of aliphatic hydroxyl groups is 1. The van der Waals surface area contributed by atoms with Gasteiger partial charge in [0, 0.05) is 13.1 Å². The quantitative estimate of drug-likeness (QED) is 0.631. The van der Waals surface area contributed by atoms with E-state index in [2.05, 4.69) is 19.2 Å². The number of hydrogen-bond acceptors (Lipinski definition) is 2. The van der Waals surface area contributed by atoms with Gasteiger partial charge in [-0.2, -0.15) is 0 Å². The van der Waals surface area contributed by atoms with Gasteiger partial charge in [0.1, 0.15) is 0 Å². The molecule has 0 saturated carbocycles. The normalized spacial score (nSPS) is 23.5. The minimum absolute atomic E-state index is 0.0383. The Bertz CT molecular complexity index is 170. The first kappa shape index (κ1) is 9.32. The van der Waals surface area contributed by atoms with Crippen LogP contribution in [0.4, 0.5) is 4.79 Å². The first-order valence-corrected chi connectivity index (χ1v) is 4.32. The molecule has 1 aliphatic rings. The molecule has 0 aromatic rings.